The number of rotatable bonds is 1. The van der Waals surface area contributed by atoms with Gasteiger partial charge in [0.05, 0.1) is 11.2 Å². The van der Waals surface area contributed by atoms with Crippen LogP contribution in [0.2, 0.25) is 0 Å². The lowest BCUT2D eigenvalue weighted by atomic mass is 10.1. The molecule has 0 saturated carbocycles. The van der Waals surface area contributed by atoms with Crippen molar-refractivity contribution in [1.29, 1.82) is 5.26 Å². The fourth-order valence-corrected chi connectivity index (χ4v) is 2.85. The molecule has 1 saturated heterocycles. The Balaban J connectivity index is 2.43. The van der Waals surface area contributed by atoms with Gasteiger partial charge in [0.25, 0.3) is 5.56 Å². The Labute approximate surface area is 111 Å². The lowest BCUT2D eigenvalue weighted by Crippen LogP contribution is -2.27. The van der Waals surface area contributed by atoms with Crippen molar-refractivity contribution in [2.24, 2.45) is 7.05 Å². The summed E-state index contributed by atoms with van der Waals surface area (Å²) in [4.78, 5) is 14.5. The van der Waals surface area contributed by atoms with Gasteiger partial charge in [0.1, 0.15) is 11.6 Å². The predicted molar refractivity (Wildman–Crippen MR) is 75.4 cm³/mol. The minimum atomic E-state index is -0.205. The zero-order chi connectivity index (χ0) is 13.4. The molecule has 0 radical (unpaired) electrons. The van der Waals surface area contributed by atoms with Crippen LogP contribution in [0.1, 0.15) is 18.4 Å². The zero-order valence-corrected chi connectivity index (χ0v) is 10.9. The molecule has 1 aliphatic heterocycles. The monoisotopic (exact) mass is 253 g/mol. The van der Waals surface area contributed by atoms with E-state index >= 15 is 0 Å². The lowest BCUT2D eigenvalue weighted by Gasteiger charge is -2.22. The Morgan fingerprint density at radius 3 is 2.58 bits per heavy atom. The quantitative estimate of drug-likeness (QED) is 0.781. The maximum atomic E-state index is 12.3. The number of para-hydroxylation sites is 1. The lowest BCUT2D eigenvalue weighted by molar-refractivity contribution is 0.888. The van der Waals surface area contributed by atoms with Crippen molar-refractivity contribution in [2.75, 3.05) is 18.0 Å². The van der Waals surface area contributed by atoms with Crippen LogP contribution in [0.3, 0.4) is 0 Å². The second-order valence-electron chi connectivity index (χ2n) is 4.91. The van der Waals surface area contributed by atoms with Crippen LogP contribution in [-0.2, 0) is 7.05 Å². The van der Waals surface area contributed by atoms with E-state index < -0.39 is 0 Å². The third-order valence-corrected chi connectivity index (χ3v) is 3.81. The van der Waals surface area contributed by atoms with Crippen LogP contribution in [0.5, 0.6) is 0 Å². The number of aromatic nitrogens is 1. The molecule has 1 aromatic carbocycles. The molecule has 1 aromatic heterocycles. The van der Waals surface area contributed by atoms with Gasteiger partial charge >= 0.3 is 0 Å². The molecule has 1 fully saturated rings. The highest BCUT2D eigenvalue weighted by atomic mass is 16.1. The molecule has 0 atom stereocenters. The molecular formula is C15H15N3O. The summed E-state index contributed by atoms with van der Waals surface area (Å²) in [5, 5.41) is 10.3. The van der Waals surface area contributed by atoms with E-state index in [1.54, 1.807) is 11.6 Å². The summed E-state index contributed by atoms with van der Waals surface area (Å²) in [6, 6.07) is 9.89. The minimum absolute atomic E-state index is 0.205. The molecule has 96 valence electrons. The number of hydrogen-bond acceptors (Lipinski definition) is 3. The van der Waals surface area contributed by atoms with E-state index in [1.807, 2.05) is 24.3 Å². The molecule has 0 amide bonds. The second kappa shape index (κ2) is 4.43. The Bertz CT molecular complexity index is 733. The van der Waals surface area contributed by atoms with E-state index in [9.17, 15) is 10.1 Å². The molecule has 2 heterocycles. The molecule has 0 unspecified atom stereocenters. The van der Waals surface area contributed by atoms with Crippen LogP contribution >= 0.6 is 0 Å². The molecule has 4 heteroatoms. The summed E-state index contributed by atoms with van der Waals surface area (Å²) in [6.45, 7) is 1.84. The van der Waals surface area contributed by atoms with E-state index in [4.69, 9.17) is 0 Å². The maximum Gasteiger partial charge on any atom is 0.270 e. The van der Waals surface area contributed by atoms with Gasteiger partial charge in [-0.3, -0.25) is 4.79 Å². The molecule has 1 aliphatic rings. The van der Waals surface area contributed by atoms with Crippen molar-refractivity contribution in [3.05, 3.63) is 40.2 Å². The number of nitriles is 1. The van der Waals surface area contributed by atoms with Gasteiger partial charge in [-0.05, 0) is 18.9 Å². The fraction of sp³-hybridized carbons (Fsp3) is 0.333. The number of benzene rings is 1. The van der Waals surface area contributed by atoms with Crippen LogP contribution in [0.4, 0.5) is 5.69 Å². The highest BCUT2D eigenvalue weighted by Gasteiger charge is 2.22. The van der Waals surface area contributed by atoms with Gasteiger partial charge < -0.3 is 9.47 Å². The van der Waals surface area contributed by atoms with Gasteiger partial charge in [-0.1, -0.05) is 18.2 Å². The highest BCUT2D eigenvalue weighted by Crippen LogP contribution is 2.30. The van der Waals surface area contributed by atoms with Crippen molar-refractivity contribution < 1.29 is 0 Å². The largest absolute Gasteiger partial charge is 0.370 e. The van der Waals surface area contributed by atoms with Crippen LogP contribution in [0.15, 0.2) is 29.1 Å². The van der Waals surface area contributed by atoms with Crippen molar-refractivity contribution in [2.45, 2.75) is 12.8 Å². The molecule has 3 rings (SSSR count). The second-order valence-corrected chi connectivity index (χ2v) is 4.91. The normalized spacial score (nSPS) is 14.8. The number of pyridine rings is 1. The van der Waals surface area contributed by atoms with Gasteiger partial charge in [0.2, 0.25) is 0 Å². The van der Waals surface area contributed by atoms with E-state index in [-0.39, 0.29) is 11.1 Å². The van der Waals surface area contributed by atoms with Crippen LogP contribution in [0, 0.1) is 11.3 Å². The van der Waals surface area contributed by atoms with Crippen LogP contribution in [0.25, 0.3) is 10.9 Å². The maximum absolute atomic E-state index is 12.3. The van der Waals surface area contributed by atoms with Gasteiger partial charge in [-0.25, -0.2) is 0 Å². The van der Waals surface area contributed by atoms with E-state index in [1.165, 1.54) is 0 Å². The minimum Gasteiger partial charge on any atom is -0.370 e. The van der Waals surface area contributed by atoms with Crippen molar-refractivity contribution >= 4 is 16.6 Å². The van der Waals surface area contributed by atoms with E-state index in [0.29, 0.717) is 0 Å². The molecule has 0 bridgehead atoms. The molecule has 0 spiro atoms. The van der Waals surface area contributed by atoms with Gasteiger partial charge in [0.15, 0.2) is 0 Å². The average molecular weight is 253 g/mol. The highest BCUT2D eigenvalue weighted by molar-refractivity contribution is 5.94. The summed E-state index contributed by atoms with van der Waals surface area (Å²) < 4.78 is 1.56. The van der Waals surface area contributed by atoms with Crippen molar-refractivity contribution in [3.63, 3.8) is 0 Å². The molecule has 0 N–H and O–H groups in total. The van der Waals surface area contributed by atoms with Crippen LogP contribution in [-0.4, -0.2) is 17.7 Å². The van der Waals surface area contributed by atoms with Gasteiger partial charge in [0, 0.05) is 25.5 Å². The molecule has 19 heavy (non-hydrogen) atoms. The topological polar surface area (TPSA) is 49.0 Å². The fourth-order valence-electron chi connectivity index (χ4n) is 2.85. The van der Waals surface area contributed by atoms with E-state index in [0.717, 1.165) is 42.5 Å². The number of hydrogen-bond donors (Lipinski definition) is 0. The SMILES string of the molecule is Cn1c(=O)c(C#N)c(N2CCCC2)c2ccccc21. The summed E-state index contributed by atoms with van der Waals surface area (Å²) >= 11 is 0. The Kier molecular flexibility index (Phi) is 2.75. The third-order valence-electron chi connectivity index (χ3n) is 3.81. The molecule has 2 aromatic rings. The summed E-state index contributed by atoms with van der Waals surface area (Å²) in [7, 11) is 1.72. The zero-order valence-electron chi connectivity index (χ0n) is 10.9. The molecular weight excluding hydrogens is 238 g/mol. The van der Waals surface area contributed by atoms with E-state index in [2.05, 4.69) is 11.0 Å². The Morgan fingerprint density at radius 1 is 1.21 bits per heavy atom. The number of anilines is 1. The molecule has 4 nitrogen and oxygen atoms in total. The van der Waals surface area contributed by atoms with Gasteiger partial charge in [-0.15, -0.1) is 0 Å². The molecule has 0 aliphatic carbocycles. The van der Waals surface area contributed by atoms with Crippen molar-refractivity contribution in [3.8, 4) is 6.07 Å². The summed E-state index contributed by atoms with van der Waals surface area (Å²) in [6.07, 6.45) is 2.24. The Morgan fingerprint density at radius 2 is 1.89 bits per heavy atom. The van der Waals surface area contributed by atoms with Crippen molar-refractivity contribution in [1.82, 2.24) is 4.57 Å². The summed E-state index contributed by atoms with van der Waals surface area (Å²) in [5.41, 5.74) is 1.76. The summed E-state index contributed by atoms with van der Waals surface area (Å²) in [5.74, 6) is 0. The first-order valence-corrected chi connectivity index (χ1v) is 6.51. The first-order chi connectivity index (χ1) is 9.24. The van der Waals surface area contributed by atoms with Crippen LogP contribution < -0.4 is 10.5 Å². The number of nitrogens with zero attached hydrogens (tertiary/aromatic N) is 3. The smallest absolute Gasteiger partial charge is 0.270 e. The third kappa shape index (κ3) is 1.70. The average Bonchev–Trinajstić information content (AvgIpc) is 2.96. The Hall–Kier alpha value is -2.28. The number of fused-ring (bicyclic) bond motifs is 1. The first kappa shape index (κ1) is 11.8. The first-order valence-electron chi connectivity index (χ1n) is 6.51. The number of aryl methyl sites for hydroxylation is 1. The predicted octanol–water partition coefficient (Wildman–Crippen LogP) is 2.01. The van der Waals surface area contributed by atoms with Gasteiger partial charge in [-0.2, -0.15) is 5.26 Å². The standard InChI is InChI=1S/C15H15N3O/c1-17-13-7-3-2-6-11(13)14(12(10-16)15(17)19)18-8-4-5-9-18/h2-3,6-7H,4-5,8-9H2,1H3.